The van der Waals surface area contributed by atoms with Crippen LogP contribution in [0.5, 0.6) is 0 Å². The first-order valence-electron chi connectivity index (χ1n) is 8.98. The Balaban J connectivity index is 2.14. The van der Waals surface area contributed by atoms with Crippen LogP contribution < -0.4 is 0 Å². The highest BCUT2D eigenvalue weighted by Gasteiger charge is 2.44. The van der Waals surface area contributed by atoms with Gasteiger partial charge in [-0.1, -0.05) is 57.7 Å². The summed E-state index contributed by atoms with van der Waals surface area (Å²) in [6.07, 6.45) is 6.17. The number of hydrogen-bond donors (Lipinski definition) is 0. The summed E-state index contributed by atoms with van der Waals surface area (Å²) in [4.78, 5) is 2.13. The Morgan fingerprint density at radius 3 is 2.46 bits per heavy atom. The molecule has 2 atom stereocenters. The Morgan fingerprint density at radius 2 is 1.85 bits per heavy atom. The van der Waals surface area contributed by atoms with E-state index in [1.165, 1.54) is 18.6 Å². The van der Waals surface area contributed by atoms with Crippen LogP contribution in [0.2, 0.25) is 0 Å². The van der Waals surface area contributed by atoms with Crippen molar-refractivity contribution >= 4 is 5.57 Å². The van der Waals surface area contributed by atoms with E-state index in [1.54, 1.807) is 32.9 Å². The Hall–Kier alpha value is -2.16. The van der Waals surface area contributed by atoms with E-state index in [9.17, 15) is 4.39 Å². The van der Waals surface area contributed by atoms with Crippen LogP contribution in [-0.2, 0) is 5.67 Å². The molecular formula is C23H27F2N. The van der Waals surface area contributed by atoms with Crippen molar-refractivity contribution in [3.8, 4) is 0 Å². The molecule has 2 unspecified atom stereocenters. The van der Waals surface area contributed by atoms with E-state index in [4.69, 9.17) is 0 Å². The minimum absolute atomic E-state index is 0.0921. The zero-order chi connectivity index (χ0) is 19.4. The summed E-state index contributed by atoms with van der Waals surface area (Å²) in [5.41, 5.74) is 2.08. The molecule has 0 amide bonds. The van der Waals surface area contributed by atoms with Gasteiger partial charge in [0, 0.05) is 23.6 Å². The number of benzene rings is 1. The number of alkyl halides is 1. The van der Waals surface area contributed by atoms with Crippen LogP contribution >= 0.6 is 0 Å². The Morgan fingerprint density at radius 1 is 1.19 bits per heavy atom. The molecule has 0 spiro atoms. The molecule has 3 rings (SSSR count). The smallest absolute Gasteiger partial charge is 0.141 e. The van der Waals surface area contributed by atoms with Gasteiger partial charge in [-0.15, -0.1) is 0 Å². The molecular weight excluding hydrogens is 328 g/mol. The molecule has 0 fully saturated rings. The van der Waals surface area contributed by atoms with Gasteiger partial charge < -0.3 is 4.90 Å². The molecule has 2 aliphatic rings. The molecule has 0 saturated carbocycles. The largest absolute Gasteiger partial charge is 0.363 e. The van der Waals surface area contributed by atoms with Crippen molar-refractivity contribution in [3.63, 3.8) is 0 Å². The molecule has 1 heterocycles. The van der Waals surface area contributed by atoms with E-state index in [1.807, 2.05) is 13.1 Å². The van der Waals surface area contributed by atoms with Crippen LogP contribution in [0.1, 0.15) is 45.7 Å². The Labute approximate surface area is 155 Å². The maximum absolute atomic E-state index is 15.8. The minimum Gasteiger partial charge on any atom is -0.363 e. The fourth-order valence-corrected chi connectivity index (χ4v) is 3.86. The quantitative estimate of drug-likeness (QED) is 0.628. The maximum Gasteiger partial charge on any atom is 0.141 e. The number of rotatable bonds is 3. The number of likely N-dealkylation sites (N-methyl/N-ethyl adjacent to an activating group) is 1. The average Bonchev–Trinajstić information content (AvgIpc) is 2.52. The number of allylic oxidation sites excluding steroid dienone is 3. The second kappa shape index (κ2) is 5.94. The minimum atomic E-state index is -1.83. The summed E-state index contributed by atoms with van der Waals surface area (Å²) in [6, 6.07) is 4.95. The third-order valence-electron chi connectivity index (χ3n) is 5.88. The van der Waals surface area contributed by atoms with Gasteiger partial charge in [-0.2, -0.15) is 0 Å². The monoisotopic (exact) mass is 355 g/mol. The van der Waals surface area contributed by atoms with E-state index in [-0.39, 0.29) is 11.6 Å². The molecule has 0 radical (unpaired) electrons. The number of fused-ring (bicyclic) bond motifs is 1. The van der Waals surface area contributed by atoms with Gasteiger partial charge in [-0.05, 0) is 36.6 Å². The van der Waals surface area contributed by atoms with Crippen LogP contribution in [0.4, 0.5) is 8.78 Å². The lowest BCUT2D eigenvalue weighted by Crippen LogP contribution is -2.45. The molecule has 0 saturated heterocycles. The highest BCUT2D eigenvalue weighted by Crippen LogP contribution is 2.49. The molecule has 3 heteroatoms. The third-order valence-corrected chi connectivity index (χ3v) is 5.88. The van der Waals surface area contributed by atoms with E-state index < -0.39 is 16.9 Å². The van der Waals surface area contributed by atoms with Crippen molar-refractivity contribution in [1.82, 2.24) is 4.90 Å². The number of hydrogen-bond acceptors (Lipinski definition) is 1. The summed E-state index contributed by atoms with van der Waals surface area (Å²) in [6.45, 7) is 13.1. The second-order valence-electron chi connectivity index (χ2n) is 8.48. The predicted molar refractivity (Wildman–Crippen MR) is 105 cm³/mol. The molecule has 1 aromatic carbocycles. The van der Waals surface area contributed by atoms with Crippen molar-refractivity contribution in [3.05, 3.63) is 76.8 Å². The molecule has 26 heavy (non-hydrogen) atoms. The second-order valence-corrected chi connectivity index (χ2v) is 8.48. The molecule has 1 aliphatic carbocycles. The molecule has 1 aromatic rings. The molecule has 0 aromatic heterocycles. The zero-order valence-electron chi connectivity index (χ0n) is 16.5. The van der Waals surface area contributed by atoms with Gasteiger partial charge in [0.2, 0.25) is 0 Å². The summed E-state index contributed by atoms with van der Waals surface area (Å²) < 4.78 is 30.5. The molecule has 1 aliphatic heterocycles. The fourth-order valence-electron chi connectivity index (χ4n) is 3.86. The normalized spacial score (nSPS) is 21.8. The topological polar surface area (TPSA) is 3.24 Å². The summed E-state index contributed by atoms with van der Waals surface area (Å²) in [5.74, 6) is -0.525. The van der Waals surface area contributed by atoms with Crippen LogP contribution in [0.25, 0.3) is 5.57 Å². The van der Waals surface area contributed by atoms with Crippen molar-refractivity contribution in [2.24, 2.45) is 5.41 Å². The lowest BCUT2D eigenvalue weighted by atomic mass is 9.71. The molecule has 138 valence electrons. The van der Waals surface area contributed by atoms with E-state index in [2.05, 4.69) is 30.6 Å². The molecule has 1 nitrogen and oxygen atoms in total. The maximum atomic E-state index is 15.8. The third kappa shape index (κ3) is 2.56. The van der Waals surface area contributed by atoms with Crippen LogP contribution in [0.15, 0.2) is 59.8 Å². The van der Waals surface area contributed by atoms with Crippen molar-refractivity contribution in [1.29, 1.82) is 0 Å². The predicted octanol–water partition coefficient (Wildman–Crippen LogP) is 6.15. The van der Waals surface area contributed by atoms with Gasteiger partial charge in [0.15, 0.2) is 0 Å². The highest BCUT2D eigenvalue weighted by molar-refractivity contribution is 5.84. The van der Waals surface area contributed by atoms with Crippen molar-refractivity contribution in [2.75, 3.05) is 7.05 Å². The number of nitrogens with zero attached hydrogens (tertiary/aromatic N) is 1. The lowest BCUT2D eigenvalue weighted by Gasteiger charge is -2.47. The van der Waals surface area contributed by atoms with Crippen LogP contribution in [0.3, 0.4) is 0 Å². The van der Waals surface area contributed by atoms with Gasteiger partial charge in [0.1, 0.15) is 11.5 Å². The summed E-state index contributed by atoms with van der Waals surface area (Å²) in [7, 11) is 2.00. The first kappa shape index (κ1) is 18.6. The van der Waals surface area contributed by atoms with Crippen LogP contribution in [-0.4, -0.2) is 18.0 Å². The first-order valence-corrected chi connectivity index (χ1v) is 8.98. The van der Waals surface area contributed by atoms with Gasteiger partial charge in [-0.25, -0.2) is 8.78 Å². The van der Waals surface area contributed by atoms with Crippen LogP contribution in [0, 0.1) is 11.2 Å². The van der Waals surface area contributed by atoms with E-state index in [0.717, 1.165) is 11.3 Å². The average molecular weight is 355 g/mol. The fraction of sp³-hybridized carbons (Fsp3) is 0.391. The zero-order valence-corrected chi connectivity index (χ0v) is 16.5. The molecule has 0 N–H and O–H groups in total. The SMILES string of the molecule is C=C(C1=C2C=CC=C(C)C2N1C)c1cccc(F)c1C(C)(F)C(C)(C)C. The van der Waals surface area contributed by atoms with Gasteiger partial charge in [0.05, 0.1) is 11.7 Å². The van der Waals surface area contributed by atoms with E-state index in [0.29, 0.717) is 11.1 Å². The summed E-state index contributed by atoms with van der Waals surface area (Å²) in [5, 5.41) is 0. The lowest BCUT2D eigenvalue weighted by molar-refractivity contribution is 0.0412. The Kier molecular flexibility index (Phi) is 4.25. The van der Waals surface area contributed by atoms with Gasteiger partial charge in [-0.3, -0.25) is 0 Å². The molecule has 0 bridgehead atoms. The van der Waals surface area contributed by atoms with Crippen molar-refractivity contribution in [2.45, 2.75) is 46.3 Å². The highest BCUT2D eigenvalue weighted by atomic mass is 19.1. The standard InChI is InChI=1S/C23H27F2N/c1-14-10-8-12-17-20(14)26(7)21(17)15(2)16-11-9-13-18(24)19(16)23(6,25)22(3,4)5/h8-13,20H,2H2,1,3-7H3. The first-order chi connectivity index (χ1) is 12.0. The summed E-state index contributed by atoms with van der Waals surface area (Å²) >= 11 is 0. The van der Waals surface area contributed by atoms with E-state index >= 15 is 4.39 Å². The van der Waals surface area contributed by atoms with Gasteiger partial charge >= 0.3 is 0 Å². The van der Waals surface area contributed by atoms with Gasteiger partial charge in [0.25, 0.3) is 0 Å². The number of halogens is 2. The Bertz CT molecular complexity index is 863. The van der Waals surface area contributed by atoms with Crippen molar-refractivity contribution < 1.29 is 8.78 Å².